The van der Waals surface area contributed by atoms with Crippen molar-refractivity contribution in [1.82, 2.24) is 4.98 Å². The predicted molar refractivity (Wildman–Crippen MR) is 87.4 cm³/mol. The molecule has 0 aromatic heterocycles. The number of hydrogen-bond acceptors (Lipinski definition) is 1. The summed E-state index contributed by atoms with van der Waals surface area (Å²) in [6.07, 6.45) is 1.13. The number of rotatable bonds is 2. The van der Waals surface area contributed by atoms with Crippen LogP contribution in [0.2, 0.25) is 10.2 Å². The van der Waals surface area contributed by atoms with Crippen LogP contribution in [0.3, 0.4) is 0 Å². The van der Waals surface area contributed by atoms with Gasteiger partial charge >= 0.3 is 0 Å². The monoisotopic (exact) mass is 313 g/mol. The molecule has 104 valence electrons. The topological polar surface area (TPSA) is 12.9 Å². The van der Waals surface area contributed by atoms with E-state index < -0.39 is 0 Å². The Kier molecular flexibility index (Phi) is 3.13. The minimum Gasteiger partial charge on any atom is -0.236 e. The van der Waals surface area contributed by atoms with Crippen molar-refractivity contribution in [3.63, 3.8) is 0 Å². The quantitative estimate of drug-likeness (QED) is 0.585. The summed E-state index contributed by atoms with van der Waals surface area (Å²) < 4.78 is 0. The van der Waals surface area contributed by atoms with Gasteiger partial charge in [0, 0.05) is 16.1 Å². The minimum atomic E-state index is 0.464. The lowest BCUT2D eigenvalue weighted by Crippen LogP contribution is -1.85. The van der Waals surface area contributed by atoms with Gasteiger partial charge in [-0.25, -0.2) is 4.98 Å². The molecular formula is C18H13Cl2N. The largest absolute Gasteiger partial charge is 0.236 e. The molecular weight excluding hydrogens is 301 g/mol. The normalized spacial score (nSPS) is 20.7. The molecule has 1 aliphatic heterocycles. The van der Waals surface area contributed by atoms with E-state index in [1.165, 1.54) is 16.7 Å². The van der Waals surface area contributed by atoms with E-state index in [1.54, 1.807) is 0 Å². The third-order valence-corrected chi connectivity index (χ3v) is 4.75. The summed E-state index contributed by atoms with van der Waals surface area (Å²) in [5, 5.41) is 1.43. The maximum atomic E-state index is 6.39. The molecule has 1 saturated carbocycles. The first-order chi connectivity index (χ1) is 10.2. The summed E-state index contributed by atoms with van der Waals surface area (Å²) in [5.74, 6) is 0.990. The van der Waals surface area contributed by atoms with E-state index in [1.807, 2.05) is 36.4 Å². The Morgan fingerprint density at radius 3 is 2.43 bits per heavy atom. The fraction of sp³-hybridized carbons (Fsp3) is 0.167. The number of fused-ring (bicyclic) bond motifs is 1. The molecule has 1 nitrogen and oxygen atoms in total. The summed E-state index contributed by atoms with van der Waals surface area (Å²) in [6, 6.07) is 18.3. The molecule has 3 aliphatic rings. The van der Waals surface area contributed by atoms with Crippen molar-refractivity contribution in [3.05, 3.63) is 75.9 Å². The Bertz CT molecular complexity index is 767. The van der Waals surface area contributed by atoms with Crippen LogP contribution in [-0.4, -0.2) is 4.98 Å². The summed E-state index contributed by atoms with van der Waals surface area (Å²) in [6.45, 7) is 0. The Balaban J connectivity index is 1.71. The molecule has 4 rings (SSSR count). The number of halogens is 2. The van der Waals surface area contributed by atoms with Crippen molar-refractivity contribution < 1.29 is 0 Å². The van der Waals surface area contributed by atoms with Crippen LogP contribution >= 0.6 is 23.2 Å². The third-order valence-electron chi connectivity index (χ3n) is 4.21. The van der Waals surface area contributed by atoms with E-state index in [9.17, 15) is 0 Å². The van der Waals surface area contributed by atoms with E-state index in [-0.39, 0.29) is 0 Å². The molecule has 0 N–H and O–H groups in total. The first kappa shape index (κ1) is 13.1. The highest BCUT2D eigenvalue weighted by Crippen LogP contribution is 2.58. The van der Waals surface area contributed by atoms with E-state index >= 15 is 0 Å². The maximum Gasteiger partial charge on any atom is 0.133 e. The molecule has 21 heavy (non-hydrogen) atoms. The van der Waals surface area contributed by atoms with Crippen molar-refractivity contribution >= 4 is 23.2 Å². The van der Waals surface area contributed by atoms with Gasteiger partial charge < -0.3 is 0 Å². The molecule has 0 spiro atoms. The van der Waals surface area contributed by atoms with Crippen LogP contribution in [0.5, 0.6) is 0 Å². The third kappa shape index (κ3) is 2.31. The van der Waals surface area contributed by atoms with Crippen molar-refractivity contribution in [2.45, 2.75) is 18.3 Å². The van der Waals surface area contributed by atoms with Crippen molar-refractivity contribution in [2.24, 2.45) is 0 Å². The fourth-order valence-corrected chi connectivity index (χ4v) is 3.54. The van der Waals surface area contributed by atoms with Gasteiger partial charge in [0.15, 0.2) is 0 Å². The molecule has 2 atom stereocenters. The van der Waals surface area contributed by atoms with Crippen LogP contribution in [0.4, 0.5) is 0 Å². The molecule has 1 aromatic rings. The molecule has 3 heteroatoms. The standard InChI is InChI=1S/C18H13Cl2N/c19-12-8-6-11(7-9-12)14-10-15(14)17-13-4-2-1-3-5-16(13)21-18(17)20/h1-9,14-15H,10H2/t14-,15-/m0/s1. The first-order valence-corrected chi connectivity index (χ1v) is 7.79. The predicted octanol–water partition coefficient (Wildman–Crippen LogP) is 5.76. The number of aromatic nitrogens is 1. The molecule has 1 fully saturated rings. The molecule has 0 amide bonds. The van der Waals surface area contributed by atoms with Gasteiger partial charge in [0.25, 0.3) is 0 Å². The van der Waals surface area contributed by atoms with Crippen LogP contribution in [0.25, 0.3) is 11.3 Å². The smallest absolute Gasteiger partial charge is 0.133 e. The highest BCUT2D eigenvalue weighted by atomic mass is 35.5. The molecule has 1 heterocycles. The molecule has 0 bridgehead atoms. The fourth-order valence-electron chi connectivity index (χ4n) is 3.09. The van der Waals surface area contributed by atoms with Gasteiger partial charge in [0.1, 0.15) is 5.15 Å². The zero-order valence-corrected chi connectivity index (χ0v) is 12.8. The van der Waals surface area contributed by atoms with Gasteiger partial charge in [-0.05, 0) is 42.0 Å². The first-order valence-electron chi connectivity index (χ1n) is 7.03. The Labute approximate surface area is 133 Å². The number of benzene rings is 1. The highest BCUT2D eigenvalue weighted by molar-refractivity contribution is 6.31. The van der Waals surface area contributed by atoms with Crippen LogP contribution in [0, 0.1) is 0 Å². The highest BCUT2D eigenvalue weighted by Gasteiger charge is 2.43. The van der Waals surface area contributed by atoms with Gasteiger partial charge in [-0.3, -0.25) is 0 Å². The lowest BCUT2D eigenvalue weighted by molar-refractivity contribution is 1.03. The van der Waals surface area contributed by atoms with Crippen molar-refractivity contribution in [1.29, 1.82) is 0 Å². The average Bonchev–Trinajstić information content (AvgIpc) is 3.23. The molecule has 0 radical (unpaired) electrons. The lowest BCUT2D eigenvalue weighted by atomic mass is 10.0. The van der Waals surface area contributed by atoms with Gasteiger partial charge in [-0.2, -0.15) is 0 Å². The van der Waals surface area contributed by atoms with E-state index in [4.69, 9.17) is 23.2 Å². The Morgan fingerprint density at radius 1 is 0.857 bits per heavy atom. The summed E-state index contributed by atoms with van der Waals surface area (Å²) in [7, 11) is 0. The Hall–Kier alpha value is -1.57. The molecule has 0 unspecified atom stereocenters. The number of nitrogens with zero attached hydrogens (tertiary/aromatic N) is 1. The van der Waals surface area contributed by atoms with E-state index in [2.05, 4.69) is 23.2 Å². The van der Waals surface area contributed by atoms with Crippen LogP contribution in [0.15, 0.2) is 54.6 Å². The van der Waals surface area contributed by atoms with Crippen LogP contribution in [0.1, 0.15) is 29.4 Å². The summed E-state index contributed by atoms with van der Waals surface area (Å²) in [5.41, 5.74) is 4.67. The van der Waals surface area contributed by atoms with Gasteiger partial charge in [-0.1, -0.05) is 59.6 Å². The van der Waals surface area contributed by atoms with E-state index in [0.717, 1.165) is 17.1 Å². The summed E-state index contributed by atoms with van der Waals surface area (Å²) >= 11 is 12.4. The zero-order chi connectivity index (χ0) is 14.4. The van der Waals surface area contributed by atoms with Gasteiger partial charge in [-0.15, -0.1) is 0 Å². The molecule has 2 aliphatic carbocycles. The van der Waals surface area contributed by atoms with Crippen molar-refractivity contribution in [2.75, 3.05) is 0 Å². The number of hydrogen-bond donors (Lipinski definition) is 0. The lowest BCUT2D eigenvalue weighted by Gasteiger charge is -2.02. The second-order valence-corrected chi connectivity index (χ2v) is 6.32. The summed E-state index contributed by atoms with van der Waals surface area (Å²) in [4.78, 5) is 4.50. The second-order valence-electron chi connectivity index (χ2n) is 5.53. The Morgan fingerprint density at radius 2 is 1.62 bits per heavy atom. The van der Waals surface area contributed by atoms with E-state index in [0.29, 0.717) is 17.0 Å². The average molecular weight is 314 g/mol. The SMILES string of the molecule is Clc1ccc([C@@H]2C[C@@H]2c2c3cccccc-3nc2Cl)cc1. The molecule has 0 saturated heterocycles. The van der Waals surface area contributed by atoms with Gasteiger partial charge in [0.05, 0.1) is 5.69 Å². The van der Waals surface area contributed by atoms with Crippen LogP contribution in [-0.2, 0) is 0 Å². The molecule has 1 aromatic carbocycles. The second kappa shape index (κ2) is 5.01. The van der Waals surface area contributed by atoms with Crippen molar-refractivity contribution in [3.8, 4) is 11.3 Å². The maximum absolute atomic E-state index is 6.39. The minimum absolute atomic E-state index is 0.464. The van der Waals surface area contributed by atoms with Crippen LogP contribution < -0.4 is 0 Å². The zero-order valence-electron chi connectivity index (χ0n) is 11.3. The van der Waals surface area contributed by atoms with Gasteiger partial charge in [0.2, 0.25) is 0 Å².